The average molecular weight is 348 g/mol. The van der Waals surface area contributed by atoms with Gasteiger partial charge in [-0.3, -0.25) is 4.79 Å². The average Bonchev–Trinajstić information content (AvgIpc) is 2.51. The molecule has 0 aromatic heterocycles. The van der Waals surface area contributed by atoms with Crippen LogP contribution in [0.4, 0.5) is 0 Å². The smallest absolute Gasteiger partial charge is 0.244 e. The third-order valence-electron chi connectivity index (χ3n) is 3.40. The summed E-state index contributed by atoms with van der Waals surface area (Å²) in [6.07, 6.45) is 5.04. The van der Waals surface area contributed by atoms with E-state index in [4.69, 9.17) is 23.2 Å². The first-order valence-electron chi connectivity index (χ1n) is 7.51. The van der Waals surface area contributed by atoms with Crippen molar-refractivity contribution in [2.75, 3.05) is 6.54 Å². The summed E-state index contributed by atoms with van der Waals surface area (Å²) >= 11 is 11.9. The number of nitrogens with one attached hydrogen (secondary N) is 1. The largest absolute Gasteiger partial charge is 0.353 e. The zero-order chi connectivity index (χ0) is 16.7. The molecule has 2 rings (SSSR count). The second-order valence-corrected chi connectivity index (χ2v) is 6.23. The molecule has 0 unspecified atom stereocenters. The zero-order valence-electron chi connectivity index (χ0n) is 13.0. The Morgan fingerprint density at radius 1 is 1.17 bits per heavy atom. The number of halogens is 2. The van der Waals surface area contributed by atoms with Gasteiger partial charge in [0.15, 0.2) is 0 Å². The van der Waals surface area contributed by atoms with E-state index in [0.29, 0.717) is 16.6 Å². The van der Waals surface area contributed by atoms with Crippen molar-refractivity contribution < 1.29 is 4.79 Å². The topological polar surface area (TPSA) is 29.1 Å². The summed E-state index contributed by atoms with van der Waals surface area (Å²) in [6, 6.07) is 13.6. The van der Waals surface area contributed by atoms with Crippen LogP contribution in [0.15, 0.2) is 48.5 Å². The third-order valence-corrected chi connectivity index (χ3v) is 3.96. The summed E-state index contributed by atoms with van der Waals surface area (Å²) in [5, 5.41) is 3.98. The molecule has 4 heteroatoms. The molecule has 0 saturated heterocycles. The monoisotopic (exact) mass is 347 g/mol. The molecule has 2 aromatic carbocycles. The van der Waals surface area contributed by atoms with E-state index < -0.39 is 0 Å². The van der Waals surface area contributed by atoms with Gasteiger partial charge in [0.1, 0.15) is 0 Å². The Morgan fingerprint density at radius 2 is 2.00 bits per heavy atom. The molecule has 0 fully saturated rings. The number of carbonyl (C=O) groups is 1. The Balaban J connectivity index is 1.75. The van der Waals surface area contributed by atoms with Gasteiger partial charge in [-0.1, -0.05) is 59.1 Å². The Morgan fingerprint density at radius 3 is 2.74 bits per heavy atom. The van der Waals surface area contributed by atoms with Gasteiger partial charge >= 0.3 is 0 Å². The summed E-state index contributed by atoms with van der Waals surface area (Å²) in [7, 11) is 0. The Labute approximate surface area is 147 Å². The third kappa shape index (κ3) is 6.09. The van der Waals surface area contributed by atoms with Gasteiger partial charge in [0.05, 0.1) is 0 Å². The maximum atomic E-state index is 11.8. The van der Waals surface area contributed by atoms with Crippen LogP contribution in [0.2, 0.25) is 10.0 Å². The number of carbonyl (C=O) groups excluding carboxylic acids is 1. The first-order valence-corrected chi connectivity index (χ1v) is 8.27. The molecule has 0 atom stereocenters. The Kier molecular flexibility index (Phi) is 6.69. The number of benzene rings is 2. The lowest BCUT2D eigenvalue weighted by Crippen LogP contribution is -2.22. The van der Waals surface area contributed by atoms with Crippen molar-refractivity contribution in [1.82, 2.24) is 5.32 Å². The fraction of sp³-hybridized carbons (Fsp3) is 0.211. The van der Waals surface area contributed by atoms with E-state index in [0.717, 1.165) is 18.4 Å². The van der Waals surface area contributed by atoms with Crippen LogP contribution in [0.25, 0.3) is 6.08 Å². The number of rotatable bonds is 6. The SMILES string of the molecule is Cc1cccc(CCCNC(=O)/C=C/c2ccc(Cl)cc2Cl)c1. The summed E-state index contributed by atoms with van der Waals surface area (Å²) in [5.74, 6) is -0.125. The molecule has 0 aliphatic carbocycles. The minimum Gasteiger partial charge on any atom is -0.353 e. The normalized spacial score (nSPS) is 10.9. The van der Waals surface area contributed by atoms with Crippen molar-refractivity contribution >= 4 is 35.2 Å². The lowest BCUT2D eigenvalue weighted by Gasteiger charge is -2.04. The maximum absolute atomic E-state index is 11.8. The highest BCUT2D eigenvalue weighted by Gasteiger charge is 2.00. The molecule has 2 nitrogen and oxygen atoms in total. The van der Waals surface area contributed by atoms with Crippen LogP contribution in [0.1, 0.15) is 23.1 Å². The predicted molar refractivity (Wildman–Crippen MR) is 98.0 cm³/mol. The second-order valence-electron chi connectivity index (χ2n) is 5.38. The van der Waals surface area contributed by atoms with E-state index in [1.54, 1.807) is 24.3 Å². The van der Waals surface area contributed by atoms with E-state index in [1.807, 2.05) is 0 Å². The molecule has 23 heavy (non-hydrogen) atoms. The van der Waals surface area contributed by atoms with Crippen LogP contribution >= 0.6 is 23.2 Å². The Bertz CT molecular complexity index is 710. The van der Waals surface area contributed by atoms with Crippen LogP contribution in [0, 0.1) is 6.92 Å². The number of amides is 1. The first kappa shape index (κ1) is 17.6. The Hall–Kier alpha value is -1.77. The van der Waals surface area contributed by atoms with Crippen molar-refractivity contribution in [3.63, 3.8) is 0 Å². The van der Waals surface area contributed by atoms with Gasteiger partial charge in [-0.15, -0.1) is 0 Å². The molecule has 120 valence electrons. The molecule has 0 aliphatic heterocycles. The standard InChI is InChI=1S/C19H19Cl2NO/c1-14-4-2-5-15(12-14)6-3-11-22-19(23)10-8-16-7-9-17(20)13-18(16)21/h2,4-5,7-10,12-13H,3,6,11H2,1H3,(H,22,23)/b10-8+. The maximum Gasteiger partial charge on any atom is 0.244 e. The van der Waals surface area contributed by atoms with Gasteiger partial charge in [-0.2, -0.15) is 0 Å². The fourth-order valence-electron chi connectivity index (χ4n) is 2.23. The number of hydrogen-bond acceptors (Lipinski definition) is 1. The van der Waals surface area contributed by atoms with E-state index in [2.05, 4.69) is 36.5 Å². The molecule has 0 heterocycles. The van der Waals surface area contributed by atoms with E-state index in [9.17, 15) is 4.79 Å². The van der Waals surface area contributed by atoms with Crippen molar-refractivity contribution in [1.29, 1.82) is 0 Å². The van der Waals surface area contributed by atoms with E-state index in [1.165, 1.54) is 17.2 Å². The first-order chi connectivity index (χ1) is 11.0. The molecular formula is C19H19Cl2NO. The lowest BCUT2D eigenvalue weighted by atomic mass is 10.1. The molecular weight excluding hydrogens is 329 g/mol. The van der Waals surface area contributed by atoms with Crippen LogP contribution < -0.4 is 5.32 Å². The number of hydrogen-bond donors (Lipinski definition) is 1. The molecule has 0 spiro atoms. The summed E-state index contributed by atoms with van der Waals surface area (Å²) in [6.45, 7) is 2.73. The van der Waals surface area contributed by atoms with Crippen LogP contribution in [-0.2, 0) is 11.2 Å². The van der Waals surface area contributed by atoms with Gasteiger partial charge in [0.2, 0.25) is 5.91 Å². The van der Waals surface area contributed by atoms with Gasteiger partial charge < -0.3 is 5.32 Å². The lowest BCUT2D eigenvalue weighted by molar-refractivity contribution is -0.116. The molecule has 0 bridgehead atoms. The van der Waals surface area contributed by atoms with Crippen LogP contribution in [0.5, 0.6) is 0 Å². The van der Waals surface area contributed by atoms with Crippen molar-refractivity contribution in [2.24, 2.45) is 0 Å². The summed E-state index contributed by atoms with van der Waals surface area (Å²) in [4.78, 5) is 11.8. The number of aryl methyl sites for hydroxylation is 2. The highest BCUT2D eigenvalue weighted by atomic mass is 35.5. The molecule has 0 aliphatic rings. The highest BCUT2D eigenvalue weighted by molar-refractivity contribution is 6.35. The molecule has 0 radical (unpaired) electrons. The second kappa shape index (κ2) is 8.76. The molecule has 0 saturated carbocycles. The van der Waals surface area contributed by atoms with Gasteiger partial charge in [0, 0.05) is 22.7 Å². The minimum absolute atomic E-state index is 0.125. The van der Waals surface area contributed by atoms with Gasteiger partial charge in [0.25, 0.3) is 0 Å². The van der Waals surface area contributed by atoms with Crippen molar-refractivity contribution in [2.45, 2.75) is 19.8 Å². The van der Waals surface area contributed by atoms with E-state index >= 15 is 0 Å². The van der Waals surface area contributed by atoms with Crippen molar-refractivity contribution in [3.8, 4) is 0 Å². The molecule has 1 N–H and O–H groups in total. The predicted octanol–water partition coefficient (Wildman–Crippen LogP) is 5.06. The van der Waals surface area contributed by atoms with Gasteiger partial charge in [-0.25, -0.2) is 0 Å². The highest BCUT2D eigenvalue weighted by Crippen LogP contribution is 2.21. The summed E-state index contributed by atoms with van der Waals surface area (Å²) in [5.41, 5.74) is 3.32. The molecule has 1 amide bonds. The quantitative estimate of drug-likeness (QED) is 0.573. The van der Waals surface area contributed by atoms with Gasteiger partial charge in [-0.05, 0) is 49.1 Å². The minimum atomic E-state index is -0.125. The van der Waals surface area contributed by atoms with E-state index in [-0.39, 0.29) is 5.91 Å². The van der Waals surface area contributed by atoms with Crippen molar-refractivity contribution in [3.05, 3.63) is 75.3 Å². The fourth-order valence-corrected chi connectivity index (χ4v) is 2.70. The summed E-state index contributed by atoms with van der Waals surface area (Å²) < 4.78 is 0. The van der Waals surface area contributed by atoms with Crippen LogP contribution in [0.3, 0.4) is 0 Å². The molecule has 2 aromatic rings. The zero-order valence-corrected chi connectivity index (χ0v) is 14.5. The van der Waals surface area contributed by atoms with Crippen LogP contribution in [-0.4, -0.2) is 12.5 Å².